The molecule has 1 aromatic carbocycles. The fraction of sp³-hybridized carbons (Fsp3) is 0.348. The SMILES string of the molecule is CCOC(=O)c1ccccc1NC(=O)CSc1nnc2c3c4c(sc3ncn12)C[C@H](C)CC4. The van der Waals surface area contributed by atoms with Crippen LogP contribution in [0.3, 0.4) is 0 Å². The lowest BCUT2D eigenvalue weighted by atomic mass is 9.89. The summed E-state index contributed by atoms with van der Waals surface area (Å²) in [4.78, 5) is 31.8. The van der Waals surface area contributed by atoms with Crippen LogP contribution in [0.2, 0.25) is 0 Å². The Hall–Kier alpha value is -2.98. The number of aromatic nitrogens is 4. The molecule has 5 rings (SSSR count). The molecule has 1 aliphatic rings. The summed E-state index contributed by atoms with van der Waals surface area (Å²) in [7, 11) is 0. The number of nitrogens with one attached hydrogen (secondary N) is 1. The van der Waals surface area contributed by atoms with Gasteiger partial charge in [0.25, 0.3) is 0 Å². The van der Waals surface area contributed by atoms with Gasteiger partial charge in [-0.05, 0) is 49.8 Å². The zero-order valence-electron chi connectivity index (χ0n) is 18.3. The number of rotatable bonds is 6. The molecule has 0 aliphatic heterocycles. The highest BCUT2D eigenvalue weighted by Crippen LogP contribution is 2.39. The van der Waals surface area contributed by atoms with E-state index in [-0.39, 0.29) is 18.3 Å². The van der Waals surface area contributed by atoms with Crippen LogP contribution in [0.15, 0.2) is 35.7 Å². The average Bonchev–Trinajstić information content (AvgIpc) is 3.38. The summed E-state index contributed by atoms with van der Waals surface area (Å²) in [5.41, 5.74) is 2.90. The van der Waals surface area contributed by atoms with Gasteiger partial charge in [-0.1, -0.05) is 30.8 Å². The summed E-state index contributed by atoms with van der Waals surface area (Å²) in [6, 6.07) is 6.81. The van der Waals surface area contributed by atoms with Gasteiger partial charge in [0, 0.05) is 4.88 Å². The Labute approximate surface area is 198 Å². The first kappa shape index (κ1) is 21.8. The molecule has 3 aromatic heterocycles. The molecule has 170 valence electrons. The van der Waals surface area contributed by atoms with E-state index < -0.39 is 5.97 Å². The predicted molar refractivity (Wildman–Crippen MR) is 129 cm³/mol. The maximum absolute atomic E-state index is 12.6. The molecule has 33 heavy (non-hydrogen) atoms. The second-order valence-electron chi connectivity index (χ2n) is 8.06. The minimum absolute atomic E-state index is 0.120. The van der Waals surface area contributed by atoms with E-state index in [9.17, 15) is 9.59 Å². The number of esters is 1. The van der Waals surface area contributed by atoms with Crippen LogP contribution < -0.4 is 5.32 Å². The zero-order valence-corrected chi connectivity index (χ0v) is 20.0. The van der Waals surface area contributed by atoms with E-state index in [1.54, 1.807) is 48.9 Å². The highest BCUT2D eigenvalue weighted by atomic mass is 32.2. The van der Waals surface area contributed by atoms with Crippen LogP contribution in [0.5, 0.6) is 0 Å². The summed E-state index contributed by atoms with van der Waals surface area (Å²) < 4.78 is 6.93. The number of ether oxygens (including phenoxy) is 1. The lowest BCUT2D eigenvalue weighted by Crippen LogP contribution is -2.17. The van der Waals surface area contributed by atoms with Crippen LogP contribution in [0.25, 0.3) is 15.9 Å². The van der Waals surface area contributed by atoms with Crippen molar-refractivity contribution in [2.24, 2.45) is 5.92 Å². The Morgan fingerprint density at radius 1 is 1.30 bits per heavy atom. The van der Waals surface area contributed by atoms with Crippen molar-refractivity contribution in [2.75, 3.05) is 17.7 Å². The molecule has 0 unspecified atom stereocenters. The van der Waals surface area contributed by atoms with Crippen molar-refractivity contribution in [3.63, 3.8) is 0 Å². The second kappa shape index (κ2) is 9.11. The molecule has 0 radical (unpaired) electrons. The molecule has 4 aromatic rings. The van der Waals surface area contributed by atoms with Gasteiger partial charge < -0.3 is 10.1 Å². The maximum atomic E-state index is 12.6. The van der Waals surface area contributed by atoms with E-state index in [0.29, 0.717) is 22.3 Å². The number of thioether (sulfide) groups is 1. The summed E-state index contributed by atoms with van der Waals surface area (Å²) in [6.07, 6.45) is 5.03. The number of amides is 1. The third kappa shape index (κ3) is 4.20. The van der Waals surface area contributed by atoms with Crippen LogP contribution in [-0.2, 0) is 22.4 Å². The molecule has 1 aliphatic carbocycles. The van der Waals surface area contributed by atoms with Gasteiger partial charge in [0.05, 0.1) is 29.0 Å². The van der Waals surface area contributed by atoms with E-state index in [4.69, 9.17) is 4.74 Å². The van der Waals surface area contributed by atoms with Crippen LogP contribution >= 0.6 is 23.1 Å². The van der Waals surface area contributed by atoms with E-state index in [1.807, 2.05) is 4.40 Å². The first-order valence-corrected chi connectivity index (χ1v) is 12.7. The molecule has 1 amide bonds. The van der Waals surface area contributed by atoms with Crippen molar-refractivity contribution in [1.29, 1.82) is 0 Å². The quantitative estimate of drug-likeness (QED) is 0.322. The van der Waals surface area contributed by atoms with Gasteiger partial charge in [-0.2, -0.15) is 0 Å². The number of nitrogens with zero attached hydrogens (tertiary/aromatic N) is 4. The molecule has 1 atom stereocenters. The first-order chi connectivity index (χ1) is 16.0. The number of fused-ring (bicyclic) bond motifs is 5. The Balaban J connectivity index is 1.34. The fourth-order valence-corrected chi connectivity index (χ4v) is 6.16. The smallest absolute Gasteiger partial charge is 0.340 e. The summed E-state index contributed by atoms with van der Waals surface area (Å²) in [5, 5.41) is 13.3. The molecule has 3 heterocycles. The number of para-hydroxylation sites is 1. The Morgan fingerprint density at radius 3 is 3.00 bits per heavy atom. The van der Waals surface area contributed by atoms with Crippen LogP contribution in [0, 0.1) is 5.92 Å². The molecular formula is C23H23N5O3S2. The maximum Gasteiger partial charge on any atom is 0.340 e. The molecule has 0 saturated carbocycles. The Kier molecular flexibility index (Phi) is 6.03. The number of benzene rings is 1. The van der Waals surface area contributed by atoms with Crippen molar-refractivity contribution < 1.29 is 14.3 Å². The second-order valence-corrected chi connectivity index (χ2v) is 10.1. The molecule has 10 heteroatoms. The first-order valence-electron chi connectivity index (χ1n) is 10.9. The third-order valence-corrected chi connectivity index (χ3v) is 7.81. The average molecular weight is 482 g/mol. The molecule has 1 N–H and O–H groups in total. The van der Waals surface area contributed by atoms with Crippen molar-refractivity contribution in [3.05, 3.63) is 46.6 Å². The monoisotopic (exact) mass is 481 g/mol. The number of hydrogen-bond acceptors (Lipinski definition) is 8. The largest absolute Gasteiger partial charge is 0.462 e. The third-order valence-electron chi connectivity index (χ3n) is 5.70. The molecule has 0 saturated heterocycles. The number of hydrogen-bond donors (Lipinski definition) is 1. The number of thiophene rings is 1. The Bertz CT molecular complexity index is 1360. The van der Waals surface area contributed by atoms with E-state index in [1.165, 1.54) is 28.6 Å². The van der Waals surface area contributed by atoms with Crippen molar-refractivity contribution in [3.8, 4) is 0 Å². The summed E-state index contributed by atoms with van der Waals surface area (Å²) in [5.74, 6) is 0.102. The number of carbonyl (C=O) groups is 2. The summed E-state index contributed by atoms with van der Waals surface area (Å²) in [6.45, 7) is 4.30. The van der Waals surface area contributed by atoms with E-state index in [0.717, 1.165) is 28.7 Å². The highest BCUT2D eigenvalue weighted by Gasteiger charge is 2.24. The van der Waals surface area contributed by atoms with Gasteiger partial charge in [-0.15, -0.1) is 21.5 Å². The Morgan fingerprint density at radius 2 is 2.15 bits per heavy atom. The molecular weight excluding hydrogens is 458 g/mol. The zero-order chi connectivity index (χ0) is 22.9. The van der Waals surface area contributed by atoms with Gasteiger partial charge in [0.1, 0.15) is 11.2 Å². The van der Waals surface area contributed by atoms with Gasteiger partial charge in [-0.3, -0.25) is 9.20 Å². The van der Waals surface area contributed by atoms with Gasteiger partial charge in [0.2, 0.25) is 5.91 Å². The molecule has 0 spiro atoms. The summed E-state index contributed by atoms with van der Waals surface area (Å²) >= 11 is 3.04. The molecule has 0 fully saturated rings. The minimum Gasteiger partial charge on any atom is -0.462 e. The fourth-order valence-electron chi connectivity index (χ4n) is 4.11. The molecule has 0 bridgehead atoms. The topological polar surface area (TPSA) is 98.5 Å². The number of anilines is 1. The lowest BCUT2D eigenvalue weighted by molar-refractivity contribution is -0.113. The minimum atomic E-state index is -0.465. The molecule has 8 nitrogen and oxygen atoms in total. The van der Waals surface area contributed by atoms with Crippen LogP contribution in [0.1, 0.15) is 41.1 Å². The number of aryl methyl sites for hydroxylation is 1. The van der Waals surface area contributed by atoms with Crippen LogP contribution in [0.4, 0.5) is 5.69 Å². The van der Waals surface area contributed by atoms with E-state index in [2.05, 4.69) is 27.4 Å². The van der Waals surface area contributed by atoms with Gasteiger partial charge >= 0.3 is 5.97 Å². The highest BCUT2D eigenvalue weighted by molar-refractivity contribution is 7.99. The standard InChI is InChI=1S/C23H23N5O3S2/c1-3-31-22(30)14-6-4-5-7-16(14)25-18(29)11-32-23-27-26-20-19-15-9-8-13(2)10-17(15)33-21(19)24-12-28(20)23/h4-7,12-13H,3,8-11H2,1-2H3,(H,25,29)/t13-/m1/s1. The van der Waals surface area contributed by atoms with E-state index >= 15 is 0 Å². The predicted octanol–water partition coefficient (Wildman–Crippen LogP) is 4.37. The van der Waals surface area contributed by atoms with Crippen molar-refractivity contribution in [2.45, 2.75) is 38.3 Å². The van der Waals surface area contributed by atoms with Crippen molar-refractivity contribution in [1.82, 2.24) is 19.6 Å². The normalized spacial score (nSPS) is 15.5. The lowest BCUT2D eigenvalue weighted by Gasteiger charge is -2.17. The van der Waals surface area contributed by atoms with Crippen LogP contribution in [-0.4, -0.2) is 43.8 Å². The van der Waals surface area contributed by atoms with Gasteiger partial charge in [0.15, 0.2) is 10.8 Å². The van der Waals surface area contributed by atoms with Gasteiger partial charge in [-0.25, -0.2) is 9.78 Å². The van der Waals surface area contributed by atoms with Crippen molar-refractivity contribution >= 4 is 56.5 Å². The number of carbonyl (C=O) groups excluding carboxylic acids is 2.